The lowest BCUT2D eigenvalue weighted by Gasteiger charge is -2.37. The maximum Gasteiger partial charge on any atom is 0.408 e. The van der Waals surface area contributed by atoms with Gasteiger partial charge in [-0.3, -0.25) is 9.59 Å². The highest BCUT2D eigenvalue weighted by atomic mass is 16.6. The van der Waals surface area contributed by atoms with Crippen LogP contribution in [0, 0.1) is 6.92 Å². The van der Waals surface area contributed by atoms with Crippen molar-refractivity contribution in [2.45, 2.75) is 78.2 Å². The van der Waals surface area contributed by atoms with Crippen molar-refractivity contribution < 1.29 is 24.2 Å². The maximum absolute atomic E-state index is 14.4. The number of carbonyl (C=O) groups excluding carboxylic acids is 3. The molecule has 2 unspecified atom stereocenters. The Kier molecular flexibility index (Phi) is 10.5. The lowest BCUT2D eigenvalue weighted by molar-refractivity contribution is -0.144. The van der Waals surface area contributed by atoms with Crippen LogP contribution in [0.25, 0.3) is 0 Å². The molecule has 0 aliphatic carbocycles. The number of hydrogen-bond donors (Lipinski definition) is 3. The molecule has 0 aliphatic heterocycles. The van der Waals surface area contributed by atoms with E-state index in [1.165, 1.54) is 11.0 Å². The molecule has 8 heteroatoms. The van der Waals surface area contributed by atoms with Gasteiger partial charge in [-0.15, -0.1) is 0 Å². The minimum absolute atomic E-state index is 0.0909. The lowest BCUT2D eigenvalue weighted by atomic mass is 9.97. The molecule has 0 bridgehead atoms. The van der Waals surface area contributed by atoms with Crippen molar-refractivity contribution in [3.05, 3.63) is 101 Å². The van der Waals surface area contributed by atoms with Crippen LogP contribution in [0.5, 0.6) is 5.75 Å². The van der Waals surface area contributed by atoms with Gasteiger partial charge in [0.15, 0.2) is 0 Å². The number of rotatable bonds is 10. The summed E-state index contributed by atoms with van der Waals surface area (Å²) < 4.78 is 5.48. The third kappa shape index (κ3) is 9.10. The van der Waals surface area contributed by atoms with E-state index in [2.05, 4.69) is 10.6 Å². The second-order valence-electron chi connectivity index (χ2n) is 11.4. The minimum Gasteiger partial charge on any atom is -0.508 e. The third-order valence-electron chi connectivity index (χ3n) is 6.46. The van der Waals surface area contributed by atoms with E-state index >= 15 is 0 Å². The molecule has 0 saturated carbocycles. The van der Waals surface area contributed by atoms with Gasteiger partial charge in [0.1, 0.15) is 23.4 Å². The first kappa shape index (κ1) is 31.2. The zero-order valence-electron chi connectivity index (χ0n) is 24.7. The number of carbonyl (C=O) groups is 3. The second kappa shape index (κ2) is 13.8. The standard InChI is InChI=1S/C33H41N3O5/c1-22(2)36(31(39)27(20-24-13-9-7-10-14-24)35-32(40)41-33(4,5)6)29(26-17-18-28(37)23(3)19-26)30(38)34-21-25-15-11-8-12-16-25/h7-19,22,27,29,37H,20-21H2,1-6H3,(H,34,38)(H,35,40). The molecule has 0 radical (unpaired) electrons. The van der Waals surface area contributed by atoms with Gasteiger partial charge in [0.25, 0.3) is 0 Å². The van der Waals surface area contributed by atoms with Gasteiger partial charge in [-0.2, -0.15) is 0 Å². The highest BCUT2D eigenvalue weighted by Crippen LogP contribution is 2.29. The van der Waals surface area contributed by atoms with Crippen LogP contribution >= 0.6 is 0 Å². The molecular formula is C33H41N3O5. The number of aromatic hydroxyl groups is 1. The summed E-state index contributed by atoms with van der Waals surface area (Å²) in [7, 11) is 0. The van der Waals surface area contributed by atoms with Crippen molar-refractivity contribution in [1.82, 2.24) is 15.5 Å². The van der Waals surface area contributed by atoms with E-state index in [9.17, 15) is 19.5 Å². The quantitative estimate of drug-likeness (QED) is 0.307. The van der Waals surface area contributed by atoms with Gasteiger partial charge in [0, 0.05) is 19.0 Å². The molecule has 0 aliphatic rings. The maximum atomic E-state index is 14.4. The van der Waals surface area contributed by atoms with Gasteiger partial charge in [0.05, 0.1) is 0 Å². The average Bonchev–Trinajstić information content (AvgIpc) is 2.91. The van der Waals surface area contributed by atoms with Gasteiger partial charge >= 0.3 is 6.09 Å². The Morgan fingerprint density at radius 3 is 2.02 bits per heavy atom. The number of alkyl carbamates (subject to hydrolysis) is 1. The predicted molar refractivity (Wildman–Crippen MR) is 159 cm³/mol. The van der Waals surface area contributed by atoms with Crippen LogP contribution < -0.4 is 10.6 Å². The lowest BCUT2D eigenvalue weighted by Crippen LogP contribution is -2.55. The smallest absolute Gasteiger partial charge is 0.408 e. The summed E-state index contributed by atoms with van der Waals surface area (Å²) in [5.41, 5.74) is 2.12. The van der Waals surface area contributed by atoms with Crippen LogP contribution in [0.1, 0.15) is 62.9 Å². The molecule has 3 N–H and O–H groups in total. The Morgan fingerprint density at radius 1 is 0.902 bits per heavy atom. The van der Waals surface area contributed by atoms with E-state index in [0.717, 1.165) is 11.1 Å². The minimum atomic E-state index is -1.02. The first-order chi connectivity index (χ1) is 19.4. The Labute approximate surface area is 242 Å². The van der Waals surface area contributed by atoms with E-state index < -0.39 is 35.7 Å². The van der Waals surface area contributed by atoms with Crippen LogP contribution in [-0.4, -0.2) is 45.6 Å². The Bertz CT molecular complexity index is 1320. The van der Waals surface area contributed by atoms with E-state index in [1.807, 2.05) is 74.5 Å². The van der Waals surface area contributed by atoms with E-state index in [0.29, 0.717) is 11.1 Å². The van der Waals surface area contributed by atoms with Crippen molar-refractivity contribution in [2.75, 3.05) is 0 Å². The number of amides is 3. The zero-order chi connectivity index (χ0) is 30.2. The number of ether oxygens (including phenoxy) is 1. The highest BCUT2D eigenvalue weighted by molar-refractivity contribution is 5.92. The molecule has 2 atom stereocenters. The van der Waals surface area contributed by atoms with Crippen molar-refractivity contribution in [2.24, 2.45) is 0 Å². The first-order valence-corrected chi connectivity index (χ1v) is 13.8. The molecule has 0 fully saturated rings. The van der Waals surface area contributed by atoms with Crippen LogP contribution in [0.4, 0.5) is 4.79 Å². The van der Waals surface area contributed by atoms with Crippen molar-refractivity contribution in [3.8, 4) is 5.75 Å². The SMILES string of the molecule is Cc1cc(C(C(=O)NCc2ccccc2)N(C(=O)C(Cc2ccccc2)NC(=O)OC(C)(C)C)C(C)C)ccc1O. The first-order valence-electron chi connectivity index (χ1n) is 13.8. The Balaban J connectivity index is 2.02. The second-order valence-corrected chi connectivity index (χ2v) is 11.4. The number of nitrogens with one attached hydrogen (secondary N) is 2. The highest BCUT2D eigenvalue weighted by Gasteiger charge is 2.38. The number of benzene rings is 3. The van der Waals surface area contributed by atoms with Gasteiger partial charge < -0.3 is 25.4 Å². The molecule has 218 valence electrons. The Hall–Kier alpha value is -4.33. The number of phenolic OH excluding ortho intramolecular Hbond substituents is 1. The van der Waals surface area contributed by atoms with Crippen molar-refractivity contribution in [3.63, 3.8) is 0 Å². The summed E-state index contributed by atoms with van der Waals surface area (Å²) >= 11 is 0. The van der Waals surface area contributed by atoms with Crippen LogP contribution in [0.2, 0.25) is 0 Å². The normalized spacial score (nSPS) is 12.8. The van der Waals surface area contributed by atoms with Crippen molar-refractivity contribution >= 4 is 17.9 Å². The van der Waals surface area contributed by atoms with Gasteiger partial charge in [0.2, 0.25) is 11.8 Å². The number of nitrogens with zero attached hydrogens (tertiary/aromatic N) is 1. The van der Waals surface area contributed by atoms with Crippen LogP contribution in [-0.2, 0) is 27.3 Å². The number of aryl methyl sites for hydroxylation is 1. The zero-order valence-corrected chi connectivity index (χ0v) is 24.7. The molecule has 0 spiro atoms. The van der Waals surface area contributed by atoms with Crippen molar-refractivity contribution in [1.29, 1.82) is 0 Å². The fourth-order valence-corrected chi connectivity index (χ4v) is 4.53. The monoisotopic (exact) mass is 559 g/mol. The molecule has 0 saturated heterocycles. The molecule has 3 aromatic rings. The predicted octanol–water partition coefficient (Wildman–Crippen LogP) is 5.43. The topological polar surface area (TPSA) is 108 Å². The van der Waals surface area contributed by atoms with Gasteiger partial charge in [-0.05, 0) is 75.9 Å². The molecule has 0 heterocycles. The molecule has 3 aromatic carbocycles. The van der Waals surface area contributed by atoms with Crippen LogP contribution in [0.15, 0.2) is 78.9 Å². The summed E-state index contributed by atoms with van der Waals surface area (Å²) in [5, 5.41) is 15.9. The fourth-order valence-electron chi connectivity index (χ4n) is 4.53. The molecule has 3 rings (SSSR count). The number of hydrogen-bond acceptors (Lipinski definition) is 5. The summed E-state index contributed by atoms with van der Waals surface area (Å²) in [6, 6.07) is 21.3. The van der Waals surface area contributed by atoms with E-state index in [1.54, 1.807) is 39.8 Å². The van der Waals surface area contributed by atoms with E-state index in [4.69, 9.17) is 4.74 Å². The summed E-state index contributed by atoms with van der Waals surface area (Å²) in [6.07, 6.45) is -0.518. The summed E-state index contributed by atoms with van der Waals surface area (Å²) in [6.45, 7) is 10.9. The third-order valence-corrected chi connectivity index (χ3v) is 6.46. The molecule has 8 nitrogen and oxygen atoms in total. The van der Waals surface area contributed by atoms with Crippen LogP contribution in [0.3, 0.4) is 0 Å². The largest absolute Gasteiger partial charge is 0.508 e. The van der Waals surface area contributed by atoms with Gasteiger partial charge in [-0.25, -0.2) is 4.79 Å². The fraction of sp³-hybridized carbons (Fsp3) is 0.364. The molecule has 3 amide bonds. The number of phenols is 1. The molecule has 41 heavy (non-hydrogen) atoms. The Morgan fingerprint density at radius 2 is 1.49 bits per heavy atom. The summed E-state index contributed by atoms with van der Waals surface area (Å²) in [4.78, 5) is 42.6. The van der Waals surface area contributed by atoms with E-state index in [-0.39, 0.29) is 24.6 Å². The van der Waals surface area contributed by atoms with Gasteiger partial charge in [-0.1, -0.05) is 66.7 Å². The molecule has 0 aromatic heterocycles. The average molecular weight is 560 g/mol. The molecular weight excluding hydrogens is 518 g/mol. The summed E-state index contributed by atoms with van der Waals surface area (Å²) in [5.74, 6) is -0.717.